The molecule has 0 aromatic heterocycles. The highest BCUT2D eigenvalue weighted by atomic mass is 16.6. The largest absolute Gasteiger partial charge is 0.462 e. The first-order valence-electron chi connectivity index (χ1n) is 36.6. The van der Waals surface area contributed by atoms with Crippen LogP contribution in [0.1, 0.15) is 400 Å². The Hall–Kier alpha value is -2.63. The van der Waals surface area contributed by atoms with Gasteiger partial charge in [0.15, 0.2) is 6.10 Å². The van der Waals surface area contributed by atoms with E-state index in [4.69, 9.17) is 14.2 Å². The minimum absolute atomic E-state index is 0.0732. The van der Waals surface area contributed by atoms with Gasteiger partial charge in [0.05, 0.1) is 0 Å². The highest BCUT2D eigenvalue weighted by Crippen LogP contribution is 2.19. The van der Waals surface area contributed by atoms with Gasteiger partial charge in [-0.15, -0.1) is 0 Å². The maximum absolute atomic E-state index is 13.0. The third-order valence-corrected chi connectivity index (χ3v) is 16.6. The lowest BCUT2D eigenvalue weighted by atomic mass is 10.0. The lowest BCUT2D eigenvalue weighted by Crippen LogP contribution is -2.30. The summed E-state index contributed by atoms with van der Waals surface area (Å²) in [7, 11) is 0. The van der Waals surface area contributed by atoms with Gasteiger partial charge in [-0.3, -0.25) is 14.4 Å². The van der Waals surface area contributed by atoms with Gasteiger partial charge in [0.25, 0.3) is 0 Å². The number of hydrogen-bond donors (Lipinski definition) is 0. The van der Waals surface area contributed by atoms with Crippen molar-refractivity contribution in [2.75, 3.05) is 13.2 Å². The van der Waals surface area contributed by atoms with Gasteiger partial charge in [0.2, 0.25) is 0 Å². The summed E-state index contributed by atoms with van der Waals surface area (Å²) in [5.41, 5.74) is 0. The number of carbonyl (C=O) groups is 3. The van der Waals surface area contributed by atoms with Crippen LogP contribution in [0.25, 0.3) is 0 Å². The highest BCUT2D eigenvalue weighted by Gasteiger charge is 2.19. The fraction of sp³-hybridized carbons (Fsp3) is 0.855. The van der Waals surface area contributed by atoms with E-state index >= 15 is 0 Å². The molecule has 0 heterocycles. The fourth-order valence-corrected chi connectivity index (χ4v) is 11.0. The van der Waals surface area contributed by atoms with Gasteiger partial charge in [0.1, 0.15) is 13.2 Å². The van der Waals surface area contributed by atoms with Crippen LogP contribution < -0.4 is 0 Å². The molecule has 480 valence electrons. The van der Waals surface area contributed by atoms with E-state index in [-0.39, 0.29) is 31.1 Å². The molecule has 0 spiro atoms. The van der Waals surface area contributed by atoms with Gasteiger partial charge in [-0.1, -0.05) is 345 Å². The Morgan fingerprint density at radius 2 is 0.439 bits per heavy atom. The van der Waals surface area contributed by atoms with Crippen molar-refractivity contribution in [2.45, 2.75) is 406 Å². The Kier molecular flexibility index (Phi) is 68.6. The van der Waals surface area contributed by atoms with Crippen LogP contribution in [0.2, 0.25) is 0 Å². The van der Waals surface area contributed by atoms with Crippen molar-refractivity contribution in [3.05, 3.63) is 48.6 Å². The predicted octanol–water partition coefficient (Wildman–Crippen LogP) is 25.3. The van der Waals surface area contributed by atoms with Crippen molar-refractivity contribution in [1.82, 2.24) is 0 Å². The van der Waals surface area contributed by atoms with Crippen molar-refractivity contribution in [1.29, 1.82) is 0 Å². The van der Waals surface area contributed by atoms with Crippen LogP contribution in [0, 0.1) is 0 Å². The summed E-state index contributed by atoms with van der Waals surface area (Å²) in [5, 5.41) is 0. The van der Waals surface area contributed by atoms with E-state index in [9.17, 15) is 14.4 Å². The average molecular weight is 1150 g/mol. The summed E-state index contributed by atoms with van der Waals surface area (Å²) in [6.07, 6.45) is 90.0. The number of ether oxygens (including phenoxy) is 3. The normalized spacial score (nSPS) is 12.3. The molecule has 6 heteroatoms. The molecule has 6 nitrogen and oxygen atoms in total. The third-order valence-electron chi connectivity index (χ3n) is 16.6. The molecule has 82 heavy (non-hydrogen) atoms. The van der Waals surface area contributed by atoms with Gasteiger partial charge in [-0.05, 0) is 83.5 Å². The molecule has 0 N–H and O–H groups in total. The second kappa shape index (κ2) is 70.9. The first kappa shape index (κ1) is 79.4. The van der Waals surface area contributed by atoms with E-state index < -0.39 is 6.10 Å². The van der Waals surface area contributed by atoms with Crippen molar-refractivity contribution >= 4 is 17.9 Å². The van der Waals surface area contributed by atoms with Crippen LogP contribution in [-0.4, -0.2) is 37.2 Å². The summed E-state index contributed by atoms with van der Waals surface area (Å²) in [6, 6.07) is 0. The molecule has 0 aliphatic heterocycles. The Labute approximate surface area is 511 Å². The van der Waals surface area contributed by atoms with Crippen molar-refractivity contribution in [3.63, 3.8) is 0 Å². The lowest BCUT2D eigenvalue weighted by molar-refractivity contribution is -0.167. The minimum Gasteiger partial charge on any atom is -0.462 e. The summed E-state index contributed by atoms with van der Waals surface area (Å²) in [4.78, 5) is 38.5. The SMILES string of the molecule is CCCCC/C=C\C/C=C\CCCCCCCCCCCC(=O)OC(COC(=O)CCCCCCCCC/C=C\C/C=C\CCCCCC)COC(=O)CCCCCCCCCCCCCCCCCCCCCCCCCCCCC. The first-order valence-corrected chi connectivity index (χ1v) is 36.6. The Morgan fingerprint density at radius 1 is 0.244 bits per heavy atom. The summed E-state index contributed by atoms with van der Waals surface area (Å²) < 4.78 is 17.0. The molecule has 0 aromatic rings. The first-order chi connectivity index (χ1) is 40.5. The van der Waals surface area contributed by atoms with E-state index in [1.807, 2.05) is 0 Å². The van der Waals surface area contributed by atoms with E-state index in [0.29, 0.717) is 19.3 Å². The zero-order valence-corrected chi connectivity index (χ0v) is 55.3. The second-order valence-corrected chi connectivity index (χ2v) is 24.9. The molecule has 0 aliphatic carbocycles. The minimum atomic E-state index is -0.779. The molecule has 1 atom stereocenters. The summed E-state index contributed by atoms with van der Waals surface area (Å²) in [6.45, 7) is 6.67. The second-order valence-electron chi connectivity index (χ2n) is 24.9. The number of carbonyl (C=O) groups excluding carboxylic acids is 3. The molecule has 0 fully saturated rings. The molecule has 1 unspecified atom stereocenters. The standard InChI is InChI=1S/C76H140O6/c1-4-7-10-13-16-19-22-25-28-31-34-35-36-37-38-39-40-41-43-45-48-51-54-57-60-63-66-69-75(78)81-72-73(71-80-74(77)68-65-62-59-56-53-50-47-44-33-30-27-24-21-18-15-12-9-6-3)82-76(79)70-67-64-61-58-55-52-49-46-42-32-29-26-23-20-17-14-11-8-5-2/h17,20-21,24,26,29-30,33,73H,4-16,18-19,22-23,25,27-28,31-32,34-72H2,1-3H3/b20-17-,24-21-,29-26-,33-30-. The average Bonchev–Trinajstić information content (AvgIpc) is 3.47. The van der Waals surface area contributed by atoms with Gasteiger partial charge in [-0.25, -0.2) is 0 Å². The van der Waals surface area contributed by atoms with Gasteiger partial charge in [0, 0.05) is 19.3 Å². The van der Waals surface area contributed by atoms with Crippen LogP contribution in [0.3, 0.4) is 0 Å². The quantitative estimate of drug-likeness (QED) is 0.0261. The number of hydrogen-bond acceptors (Lipinski definition) is 6. The van der Waals surface area contributed by atoms with E-state index in [1.165, 1.54) is 283 Å². The van der Waals surface area contributed by atoms with Gasteiger partial charge < -0.3 is 14.2 Å². The van der Waals surface area contributed by atoms with Gasteiger partial charge in [-0.2, -0.15) is 0 Å². The predicted molar refractivity (Wildman–Crippen MR) is 358 cm³/mol. The number of esters is 3. The van der Waals surface area contributed by atoms with Crippen molar-refractivity contribution in [2.24, 2.45) is 0 Å². The molecule has 0 bridgehead atoms. The number of allylic oxidation sites excluding steroid dienone is 8. The maximum Gasteiger partial charge on any atom is 0.306 e. The third kappa shape index (κ3) is 68.2. The molecule has 0 radical (unpaired) electrons. The smallest absolute Gasteiger partial charge is 0.306 e. The van der Waals surface area contributed by atoms with Gasteiger partial charge >= 0.3 is 17.9 Å². The molecule has 0 aromatic carbocycles. The number of rotatable bonds is 68. The Balaban J connectivity index is 4.27. The van der Waals surface area contributed by atoms with Crippen molar-refractivity contribution in [3.8, 4) is 0 Å². The molecule has 0 rings (SSSR count). The van der Waals surface area contributed by atoms with E-state index in [1.54, 1.807) is 0 Å². The summed E-state index contributed by atoms with van der Waals surface area (Å²) in [5.74, 6) is -0.858. The van der Waals surface area contributed by atoms with Crippen LogP contribution >= 0.6 is 0 Å². The summed E-state index contributed by atoms with van der Waals surface area (Å²) >= 11 is 0. The Bertz CT molecular complexity index is 1410. The fourth-order valence-electron chi connectivity index (χ4n) is 11.0. The zero-order chi connectivity index (χ0) is 59.2. The van der Waals surface area contributed by atoms with E-state index in [2.05, 4.69) is 69.4 Å². The highest BCUT2D eigenvalue weighted by molar-refractivity contribution is 5.71. The van der Waals surface area contributed by atoms with Crippen LogP contribution in [0.15, 0.2) is 48.6 Å². The maximum atomic E-state index is 13.0. The number of unbranched alkanes of at least 4 members (excludes halogenated alkanes) is 49. The topological polar surface area (TPSA) is 78.9 Å². The van der Waals surface area contributed by atoms with E-state index in [0.717, 1.165) is 77.0 Å². The molecular formula is C76H140O6. The molecule has 0 saturated carbocycles. The van der Waals surface area contributed by atoms with Crippen LogP contribution in [0.4, 0.5) is 0 Å². The molecule has 0 aliphatic rings. The molecule has 0 amide bonds. The zero-order valence-electron chi connectivity index (χ0n) is 55.3. The Morgan fingerprint density at radius 3 is 0.707 bits per heavy atom. The molecular weight excluding hydrogens is 1010 g/mol. The molecule has 0 saturated heterocycles. The van der Waals surface area contributed by atoms with Crippen LogP contribution in [0.5, 0.6) is 0 Å². The van der Waals surface area contributed by atoms with Crippen molar-refractivity contribution < 1.29 is 28.6 Å². The monoisotopic (exact) mass is 1150 g/mol. The van der Waals surface area contributed by atoms with Crippen LogP contribution in [-0.2, 0) is 28.6 Å². The lowest BCUT2D eigenvalue weighted by Gasteiger charge is -2.18.